The Labute approximate surface area is 196 Å². The van der Waals surface area contributed by atoms with E-state index in [9.17, 15) is 9.59 Å². The van der Waals surface area contributed by atoms with Crippen molar-refractivity contribution < 1.29 is 14.3 Å². The summed E-state index contributed by atoms with van der Waals surface area (Å²) in [5.74, 6) is -0.0783. The highest BCUT2D eigenvalue weighted by atomic mass is 35.5. The van der Waals surface area contributed by atoms with Gasteiger partial charge in [0.15, 0.2) is 0 Å². The highest BCUT2D eigenvalue weighted by Crippen LogP contribution is 2.43. The summed E-state index contributed by atoms with van der Waals surface area (Å²) >= 11 is 7.56. The average molecular weight is 472 g/mol. The van der Waals surface area contributed by atoms with E-state index in [1.165, 1.54) is 11.8 Å². The van der Waals surface area contributed by atoms with Gasteiger partial charge in [-0.05, 0) is 43.7 Å². The van der Waals surface area contributed by atoms with E-state index in [4.69, 9.17) is 16.3 Å². The number of hydrogen-bond donors (Lipinski definition) is 1. The summed E-state index contributed by atoms with van der Waals surface area (Å²) in [6.07, 6.45) is 0.707. The second-order valence-corrected chi connectivity index (χ2v) is 8.97. The van der Waals surface area contributed by atoms with Crippen LogP contribution < -0.4 is 10.2 Å². The van der Waals surface area contributed by atoms with Gasteiger partial charge in [-0.25, -0.2) is 0 Å². The van der Waals surface area contributed by atoms with Gasteiger partial charge in [-0.2, -0.15) is 0 Å². The first-order chi connectivity index (χ1) is 15.5. The van der Waals surface area contributed by atoms with Crippen molar-refractivity contribution in [2.75, 3.05) is 30.4 Å². The first kappa shape index (κ1) is 22.7. The lowest BCUT2D eigenvalue weighted by Gasteiger charge is -2.30. The number of nitrogens with one attached hydrogen (secondary N) is 1. The molecule has 0 saturated carbocycles. The maximum absolute atomic E-state index is 13.6. The van der Waals surface area contributed by atoms with Crippen LogP contribution in [-0.4, -0.2) is 41.9 Å². The summed E-state index contributed by atoms with van der Waals surface area (Å²) in [6.45, 7) is 3.65. The van der Waals surface area contributed by atoms with E-state index in [1.807, 2.05) is 38.2 Å². The van der Waals surface area contributed by atoms with Crippen molar-refractivity contribution in [3.05, 3.63) is 59.1 Å². The summed E-state index contributed by atoms with van der Waals surface area (Å²) in [4.78, 5) is 28.5. The third kappa shape index (κ3) is 4.37. The molecule has 0 radical (unpaired) electrons. The monoisotopic (exact) mass is 471 g/mol. The molecule has 2 aromatic carbocycles. The highest BCUT2D eigenvalue weighted by molar-refractivity contribution is 8.00. The fraction of sp³-hybridized carbons (Fsp3) is 0.333. The summed E-state index contributed by atoms with van der Waals surface area (Å²) in [7, 11) is 1.98. The standard InChI is InChI=1S/C24H26ClN3O3S/c1-3-31-14-6-13-26-23(30)22-21-18-7-4-5-8-19(18)27(2)24(21)32-15-20(29)28(22)17-11-9-16(25)10-12-17/h4-5,7-12,22H,3,6,13-15H2,1-2H3,(H,26,30). The van der Waals surface area contributed by atoms with E-state index in [-0.39, 0.29) is 17.6 Å². The lowest BCUT2D eigenvalue weighted by Crippen LogP contribution is -2.44. The number of aryl methyl sites for hydroxylation is 1. The van der Waals surface area contributed by atoms with Gasteiger partial charge in [-0.15, -0.1) is 0 Å². The van der Waals surface area contributed by atoms with Gasteiger partial charge >= 0.3 is 0 Å². The first-order valence-corrected chi connectivity index (χ1v) is 12.0. The summed E-state index contributed by atoms with van der Waals surface area (Å²) in [5, 5.41) is 5.51. The van der Waals surface area contributed by atoms with Crippen LogP contribution in [0.15, 0.2) is 53.6 Å². The zero-order valence-electron chi connectivity index (χ0n) is 18.1. The van der Waals surface area contributed by atoms with Gasteiger partial charge < -0.3 is 14.6 Å². The van der Waals surface area contributed by atoms with Crippen LogP contribution in [0.1, 0.15) is 24.9 Å². The molecule has 0 aliphatic carbocycles. The van der Waals surface area contributed by atoms with Crippen LogP contribution in [0.2, 0.25) is 5.02 Å². The van der Waals surface area contributed by atoms with Gasteiger partial charge in [0.25, 0.3) is 0 Å². The Morgan fingerprint density at radius 1 is 1.22 bits per heavy atom. The lowest BCUT2D eigenvalue weighted by molar-refractivity contribution is -0.125. The van der Waals surface area contributed by atoms with E-state index in [0.29, 0.717) is 36.9 Å². The number of carbonyl (C=O) groups excluding carboxylic acids is 2. The SMILES string of the molecule is CCOCCCNC(=O)C1c2c(n(C)c3ccccc23)SCC(=O)N1c1ccc(Cl)cc1. The molecule has 0 saturated heterocycles. The second-order valence-electron chi connectivity index (χ2n) is 7.57. The smallest absolute Gasteiger partial charge is 0.247 e. The van der Waals surface area contributed by atoms with E-state index < -0.39 is 6.04 Å². The molecule has 1 N–H and O–H groups in total. The summed E-state index contributed by atoms with van der Waals surface area (Å²) < 4.78 is 7.45. The van der Waals surface area contributed by atoms with Crippen molar-refractivity contribution in [3.8, 4) is 0 Å². The number of anilines is 1. The molecule has 2 heterocycles. The molecular weight excluding hydrogens is 446 g/mol. The van der Waals surface area contributed by atoms with Crippen LogP contribution in [0.3, 0.4) is 0 Å². The number of hydrogen-bond acceptors (Lipinski definition) is 4. The van der Waals surface area contributed by atoms with Gasteiger partial charge in [-0.3, -0.25) is 14.5 Å². The van der Waals surface area contributed by atoms with Crippen molar-refractivity contribution >= 4 is 51.8 Å². The number of amides is 2. The zero-order chi connectivity index (χ0) is 22.7. The Morgan fingerprint density at radius 3 is 2.72 bits per heavy atom. The molecule has 2 amide bonds. The molecule has 1 aliphatic rings. The normalized spacial score (nSPS) is 16.2. The number of benzene rings is 2. The molecule has 0 fully saturated rings. The largest absolute Gasteiger partial charge is 0.382 e. The lowest BCUT2D eigenvalue weighted by atomic mass is 10.0. The minimum absolute atomic E-state index is 0.118. The maximum atomic E-state index is 13.6. The van der Waals surface area contributed by atoms with Gasteiger partial charge in [-0.1, -0.05) is 41.6 Å². The predicted molar refractivity (Wildman–Crippen MR) is 129 cm³/mol. The van der Waals surface area contributed by atoms with Crippen LogP contribution in [0, 0.1) is 0 Å². The quantitative estimate of drug-likeness (QED) is 0.513. The van der Waals surface area contributed by atoms with Crippen molar-refractivity contribution in [2.45, 2.75) is 24.4 Å². The van der Waals surface area contributed by atoms with Gasteiger partial charge in [0.05, 0.1) is 10.8 Å². The number of nitrogens with zero attached hydrogens (tertiary/aromatic N) is 2. The maximum Gasteiger partial charge on any atom is 0.247 e. The molecule has 0 spiro atoms. The van der Waals surface area contributed by atoms with Gasteiger partial charge in [0.1, 0.15) is 6.04 Å². The zero-order valence-corrected chi connectivity index (χ0v) is 19.7. The number of fused-ring (bicyclic) bond motifs is 3. The molecule has 0 bridgehead atoms. The van der Waals surface area contributed by atoms with E-state index in [2.05, 4.69) is 9.88 Å². The van der Waals surface area contributed by atoms with Gasteiger partial charge in [0.2, 0.25) is 11.8 Å². The molecule has 6 nitrogen and oxygen atoms in total. The molecule has 1 aliphatic heterocycles. The number of thioether (sulfide) groups is 1. The molecule has 1 aromatic heterocycles. The minimum atomic E-state index is -0.785. The number of aromatic nitrogens is 1. The molecule has 32 heavy (non-hydrogen) atoms. The molecule has 3 aromatic rings. The average Bonchev–Trinajstić information content (AvgIpc) is 2.97. The highest BCUT2D eigenvalue weighted by Gasteiger charge is 2.39. The van der Waals surface area contributed by atoms with Crippen LogP contribution in [-0.2, 0) is 21.4 Å². The fourth-order valence-electron chi connectivity index (χ4n) is 4.08. The first-order valence-electron chi connectivity index (χ1n) is 10.7. The van der Waals surface area contributed by atoms with Crippen LogP contribution >= 0.6 is 23.4 Å². The Hall–Kier alpha value is -2.48. The number of para-hydroxylation sites is 1. The minimum Gasteiger partial charge on any atom is -0.382 e. The number of ether oxygens (including phenoxy) is 1. The van der Waals surface area contributed by atoms with Crippen molar-refractivity contribution in [1.29, 1.82) is 0 Å². The predicted octanol–water partition coefficient (Wildman–Crippen LogP) is 4.55. The van der Waals surface area contributed by atoms with Crippen molar-refractivity contribution in [1.82, 2.24) is 9.88 Å². The third-order valence-corrected chi connectivity index (χ3v) is 6.96. The van der Waals surface area contributed by atoms with E-state index >= 15 is 0 Å². The molecule has 1 atom stereocenters. The second kappa shape index (κ2) is 9.98. The van der Waals surface area contributed by atoms with E-state index in [1.54, 1.807) is 29.2 Å². The van der Waals surface area contributed by atoms with Crippen LogP contribution in [0.4, 0.5) is 5.69 Å². The Morgan fingerprint density at radius 2 is 1.97 bits per heavy atom. The number of rotatable bonds is 7. The third-order valence-electron chi connectivity index (χ3n) is 5.55. The molecule has 1 unspecified atom stereocenters. The summed E-state index contributed by atoms with van der Waals surface area (Å²) in [5.41, 5.74) is 2.54. The summed E-state index contributed by atoms with van der Waals surface area (Å²) in [6, 6.07) is 14.3. The molecule has 8 heteroatoms. The topological polar surface area (TPSA) is 63.6 Å². The van der Waals surface area contributed by atoms with E-state index in [0.717, 1.165) is 21.5 Å². The Kier molecular flexibility index (Phi) is 7.08. The number of halogens is 1. The number of carbonyl (C=O) groups is 2. The molecular formula is C24H26ClN3O3S. The van der Waals surface area contributed by atoms with Crippen molar-refractivity contribution in [2.24, 2.45) is 7.05 Å². The van der Waals surface area contributed by atoms with Gasteiger partial charge in [0, 0.05) is 54.0 Å². The Balaban J connectivity index is 1.80. The molecule has 4 rings (SSSR count). The van der Waals surface area contributed by atoms with Crippen LogP contribution in [0.5, 0.6) is 0 Å². The molecule has 168 valence electrons. The van der Waals surface area contributed by atoms with Crippen molar-refractivity contribution in [3.63, 3.8) is 0 Å². The fourth-order valence-corrected chi connectivity index (χ4v) is 5.28. The van der Waals surface area contributed by atoms with Crippen LogP contribution in [0.25, 0.3) is 10.9 Å². The Bertz CT molecular complexity index is 1130.